The molecule has 0 radical (unpaired) electrons. The first-order chi connectivity index (χ1) is 20.7. The van der Waals surface area contributed by atoms with Gasteiger partial charge in [-0.15, -0.1) is 0 Å². The van der Waals surface area contributed by atoms with E-state index in [1.807, 2.05) is 12.1 Å². The van der Waals surface area contributed by atoms with Crippen molar-refractivity contribution in [1.29, 1.82) is 10.8 Å². The number of sulfonamides is 1. The maximum absolute atomic E-state index is 15.0. The van der Waals surface area contributed by atoms with E-state index in [9.17, 15) is 8.42 Å². The molecule has 1 aliphatic heterocycles. The zero-order valence-corrected chi connectivity index (χ0v) is 25.4. The molecule has 0 bridgehead atoms. The van der Waals surface area contributed by atoms with Crippen LogP contribution in [0.15, 0.2) is 71.6 Å². The molecule has 4 aromatic carbocycles. The second-order valence-corrected chi connectivity index (χ2v) is 12.8. The topological polar surface area (TPSA) is 118 Å². The number of aryl methyl sites for hydroxylation is 1. The molecule has 0 unspecified atom stereocenters. The monoisotopic (exact) mass is 599 g/mol. The summed E-state index contributed by atoms with van der Waals surface area (Å²) in [7, 11) is -3.64. The molecule has 1 heterocycles. The van der Waals surface area contributed by atoms with E-state index in [0.717, 1.165) is 61.5 Å². The molecule has 9 heteroatoms. The van der Waals surface area contributed by atoms with Gasteiger partial charge in [0.2, 0.25) is 10.0 Å². The zero-order chi connectivity index (χ0) is 30.6. The van der Waals surface area contributed by atoms with Crippen LogP contribution in [0.2, 0.25) is 0 Å². The van der Waals surface area contributed by atoms with Crippen LogP contribution in [0.1, 0.15) is 69.1 Å². The van der Waals surface area contributed by atoms with Crippen LogP contribution in [0.3, 0.4) is 0 Å². The van der Waals surface area contributed by atoms with Crippen LogP contribution < -0.4 is 15.4 Å². The molecular weight excluding hydrogens is 561 g/mol. The van der Waals surface area contributed by atoms with Crippen LogP contribution in [0.4, 0.5) is 15.8 Å². The smallest absolute Gasteiger partial charge is 0.240 e. The van der Waals surface area contributed by atoms with Gasteiger partial charge >= 0.3 is 0 Å². The van der Waals surface area contributed by atoms with E-state index in [-0.39, 0.29) is 16.6 Å². The Balaban J connectivity index is 1.56. The van der Waals surface area contributed by atoms with Crippen molar-refractivity contribution in [2.75, 3.05) is 11.9 Å². The molecule has 0 aromatic heterocycles. The molecule has 5 rings (SSSR count). The van der Waals surface area contributed by atoms with Gasteiger partial charge in [0.1, 0.15) is 17.5 Å². The Morgan fingerprint density at radius 2 is 1.60 bits per heavy atom. The average molecular weight is 600 g/mol. The molecule has 5 N–H and O–H groups in total. The molecule has 0 saturated heterocycles. The summed E-state index contributed by atoms with van der Waals surface area (Å²) < 4.78 is 43.3. The second kappa shape index (κ2) is 13.1. The maximum atomic E-state index is 15.0. The Morgan fingerprint density at radius 1 is 0.837 bits per heavy atom. The molecule has 0 aliphatic carbocycles. The highest BCUT2D eigenvalue weighted by molar-refractivity contribution is 7.89. The predicted octanol–water partition coefficient (Wildman–Crippen LogP) is 7.84. The Morgan fingerprint density at radius 3 is 2.35 bits per heavy atom. The fourth-order valence-electron chi connectivity index (χ4n) is 5.58. The summed E-state index contributed by atoms with van der Waals surface area (Å²) in [5.74, 6) is -0.209. The highest BCUT2D eigenvalue weighted by Gasteiger charge is 2.28. The van der Waals surface area contributed by atoms with Gasteiger partial charge in [0.05, 0.1) is 4.90 Å². The van der Waals surface area contributed by atoms with Crippen LogP contribution >= 0.6 is 0 Å². The number of benzene rings is 4. The Kier molecular flexibility index (Phi) is 9.22. The van der Waals surface area contributed by atoms with Gasteiger partial charge in [-0.1, -0.05) is 63.8 Å². The minimum atomic E-state index is -3.64. The van der Waals surface area contributed by atoms with Crippen molar-refractivity contribution in [3.8, 4) is 11.1 Å². The summed E-state index contributed by atoms with van der Waals surface area (Å²) >= 11 is 0. The molecule has 0 spiro atoms. The normalized spacial score (nSPS) is 12.9. The third-order valence-electron chi connectivity index (χ3n) is 7.77. The third-order valence-corrected chi connectivity index (χ3v) is 9.25. The lowest BCUT2D eigenvalue weighted by Gasteiger charge is -2.18. The lowest BCUT2D eigenvalue weighted by molar-refractivity contribution is 0.573. The van der Waals surface area contributed by atoms with Crippen molar-refractivity contribution in [2.45, 2.75) is 63.7 Å². The van der Waals surface area contributed by atoms with E-state index in [2.05, 4.69) is 41.3 Å². The standard InChI is InChI=1S/C34H38FN5O2S/c1-3-5-7-8-17-38-43(41,42)27-15-13-26(14-16-27)39-29-21-25(35)19-24-20-28-32(34(37)40-33(28)36)31(30(24)29)23-12-9-11-22(18-23)10-6-4-2/h9,11-16,18-21,38-39H,3-8,10,17H2,1-2H3,(H3,36,37,40). The number of anilines is 2. The van der Waals surface area contributed by atoms with Crippen molar-refractivity contribution in [3.63, 3.8) is 0 Å². The first kappa shape index (κ1) is 30.4. The molecular formula is C34H38FN5O2S. The number of rotatable bonds is 13. The van der Waals surface area contributed by atoms with Gasteiger partial charge in [0.25, 0.3) is 0 Å². The highest BCUT2D eigenvalue weighted by atomic mass is 32.2. The lowest BCUT2D eigenvalue weighted by atomic mass is 9.88. The molecule has 0 amide bonds. The average Bonchev–Trinajstić information content (AvgIpc) is 3.27. The number of fused-ring (bicyclic) bond motifs is 2. The third kappa shape index (κ3) is 6.63. The molecule has 43 heavy (non-hydrogen) atoms. The van der Waals surface area contributed by atoms with Gasteiger partial charge in [0, 0.05) is 40.0 Å². The number of hydrogen-bond acceptors (Lipinski definition) is 5. The quantitative estimate of drug-likeness (QED) is 0.101. The first-order valence-corrected chi connectivity index (χ1v) is 16.4. The van der Waals surface area contributed by atoms with Crippen molar-refractivity contribution in [1.82, 2.24) is 10.0 Å². The van der Waals surface area contributed by atoms with E-state index < -0.39 is 15.8 Å². The number of halogens is 1. The van der Waals surface area contributed by atoms with Crippen molar-refractivity contribution in [3.05, 3.63) is 89.2 Å². The SMILES string of the molecule is CCCCCCNS(=O)(=O)c1ccc(Nc2cc(F)cc3cc4c(c(-c5cccc(CCCC)c5)c23)C(=N)NC4=N)cc1. The molecule has 1 aliphatic rings. The minimum Gasteiger partial charge on any atom is -0.355 e. The summed E-state index contributed by atoms with van der Waals surface area (Å²) in [5, 5.41) is 24.6. The van der Waals surface area contributed by atoms with Crippen molar-refractivity contribution < 1.29 is 12.8 Å². The second-order valence-electron chi connectivity index (χ2n) is 11.0. The van der Waals surface area contributed by atoms with E-state index in [0.29, 0.717) is 34.4 Å². The first-order valence-electron chi connectivity index (χ1n) is 14.9. The molecule has 4 aromatic rings. The zero-order valence-electron chi connectivity index (χ0n) is 24.6. The summed E-state index contributed by atoms with van der Waals surface area (Å²) in [5.41, 5.74) is 5.05. The Bertz CT molecular complexity index is 1790. The van der Waals surface area contributed by atoms with Crippen molar-refractivity contribution >= 4 is 43.8 Å². The number of amidine groups is 2. The van der Waals surface area contributed by atoms with Crippen molar-refractivity contribution in [2.24, 2.45) is 0 Å². The summed E-state index contributed by atoms with van der Waals surface area (Å²) in [6, 6.07) is 19.2. The molecule has 0 atom stereocenters. The fraction of sp³-hybridized carbons (Fsp3) is 0.294. The summed E-state index contributed by atoms with van der Waals surface area (Å²) in [4.78, 5) is 0.165. The van der Waals surface area contributed by atoms with Gasteiger partial charge in [0.15, 0.2) is 0 Å². The van der Waals surface area contributed by atoms with Gasteiger partial charge in [-0.05, 0) is 78.2 Å². The van der Waals surface area contributed by atoms with E-state index in [1.54, 1.807) is 18.2 Å². The van der Waals surface area contributed by atoms with Crippen LogP contribution in [0, 0.1) is 16.6 Å². The predicted molar refractivity (Wildman–Crippen MR) is 174 cm³/mol. The summed E-state index contributed by atoms with van der Waals surface area (Å²) in [6.45, 7) is 4.66. The Labute approximate surface area is 253 Å². The van der Waals surface area contributed by atoms with Crippen LogP contribution in [0.25, 0.3) is 21.9 Å². The van der Waals surface area contributed by atoms with Gasteiger partial charge < -0.3 is 10.6 Å². The highest BCUT2D eigenvalue weighted by Crippen LogP contribution is 2.42. The molecule has 0 saturated carbocycles. The maximum Gasteiger partial charge on any atom is 0.240 e. The molecule has 0 fully saturated rings. The largest absolute Gasteiger partial charge is 0.355 e. The lowest BCUT2D eigenvalue weighted by Crippen LogP contribution is -2.24. The van der Waals surface area contributed by atoms with Gasteiger partial charge in [-0.2, -0.15) is 0 Å². The van der Waals surface area contributed by atoms with Gasteiger partial charge in [-0.3, -0.25) is 10.8 Å². The van der Waals surface area contributed by atoms with Crippen LogP contribution in [0.5, 0.6) is 0 Å². The van der Waals surface area contributed by atoms with Crippen LogP contribution in [-0.4, -0.2) is 26.6 Å². The van der Waals surface area contributed by atoms with Gasteiger partial charge in [-0.25, -0.2) is 17.5 Å². The van der Waals surface area contributed by atoms with E-state index in [4.69, 9.17) is 10.8 Å². The molecule has 224 valence electrons. The minimum absolute atomic E-state index is 0.111. The fourth-order valence-corrected chi connectivity index (χ4v) is 6.66. The van der Waals surface area contributed by atoms with Crippen LogP contribution in [-0.2, 0) is 16.4 Å². The number of hydrogen-bond donors (Lipinski definition) is 5. The molecule has 7 nitrogen and oxygen atoms in total. The van der Waals surface area contributed by atoms with E-state index >= 15 is 4.39 Å². The number of unbranched alkanes of at least 4 members (excludes halogenated alkanes) is 4. The van der Waals surface area contributed by atoms with E-state index in [1.165, 1.54) is 29.8 Å². The summed E-state index contributed by atoms with van der Waals surface area (Å²) in [6.07, 6.45) is 6.98. The Hall–Kier alpha value is -4.08. The number of nitrogens with one attached hydrogen (secondary N) is 5.